The minimum atomic E-state index is -0.544. The molecule has 0 aliphatic heterocycles. The molecule has 1 nitrogen and oxygen atoms in total. The number of rotatable bonds is 4. The Morgan fingerprint density at radius 3 is 2.27 bits per heavy atom. The van der Waals surface area contributed by atoms with Crippen LogP contribution in [0.4, 0.5) is 8.78 Å². The third-order valence-electron chi connectivity index (χ3n) is 2.46. The van der Waals surface area contributed by atoms with E-state index in [0.29, 0.717) is 0 Å². The first-order chi connectivity index (χ1) is 6.96. The maximum Gasteiger partial charge on any atom is 0.129 e. The predicted octanol–water partition coefficient (Wildman–Crippen LogP) is 3.02. The van der Waals surface area contributed by atoms with Gasteiger partial charge in [0.05, 0.1) is 0 Å². The summed E-state index contributed by atoms with van der Waals surface area (Å²) in [5.41, 5.74) is 5.51. The summed E-state index contributed by atoms with van der Waals surface area (Å²) in [4.78, 5) is 0. The number of nitrogens with two attached hydrogens (primary N) is 1. The molecule has 0 heterocycles. The molecule has 1 atom stereocenters. The van der Waals surface area contributed by atoms with Crippen molar-refractivity contribution >= 4 is 0 Å². The molecule has 0 spiro atoms. The summed E-state index contributed by atoms with van der Waals surface area (Å²) in [7, 11) is 0. The number of hydrogen-bond donors (Lipinski definition) is 1. The Morgan fingerprint density at radius 1 is 1.27 bits per heavy atom. The van der Waals surface area contributed by atoms with Crippen molar-refractivity contribution in [2.24, 2.45) is 5.73 Å². The van der Waals surface area contributed by atoms with Gasteiger partial charge < -0.3 is 5.73 Å². The van der Waals surface area contributed by atoms with E-state index in [2.05, 4.69) is 0 Å². The summed E-state index contributed by atoms with van der Waals surface area (Å²) in [6, 6.07) is 3.89. The number of hydrogen-bond acceptors (Lipinski definition) is 1. The van der Waals surface area contributed by atoms with E-state index in [-0.39, 0.29) is 12.0 Å². The molecule has 1 unspecified atom stereocenters. The fraction of sp³-hybridized carbons (Fsp3) is 0.500. The van der Waals surface area contributed by atoms with Crippen LogP contribution in [0.15, 0.2) is 18.2 Å². The lowest BCUT2D eigenvalue weighted by atomic mass is 9.89. The van der Waals surface area contributed by atoms with Crippen LogP contribution in [-0.2, 0) is 6.42 Å². The SMILES string of the molecule is CCCC(C)(N)Cc1c(F)cccc1F. The molecule has 0 amide bonds. The van der Waals surface area contributed by atoms with E-state index in [1.165, 1.54) is 18.2 Å². The van der Waals surface area contributed by atoms with Crippen molar-refractivity contribution in [3.05, 3.63) is 35.4 Å². The smallest absolute Gasteiger partial charge is 0.129 e. The first-order valence-corrected chi connectivity index (χ1v) is 5.18. The van der Waals surface area contributed by atoms with Crippen molar-refractivity contribution in [2.45, 2.75) is 38.6 Å². The van der Waals surface area contributed by atoms with Crippen molar-refractivity contribution in [1.29, 1.82) is 0 Å². The van der Waals surface area contributed by atoms with Gasteiger partial charge in [-0.1, -0.05) is 19.4 Å². The second-order valence-electron chi connectivity index (χ2n) is 4.28. The van der Waals surface area contributed by atoms with Gasteiger partial charge in [0.15, 0.2) is 0 Å². The third kappa shape index (κ3) is 3.27. The Labute approximate surface area is 89.3 Å². The lowest BCUT2D eigenvalue weighted by molar-refractivity contribution is 0.406. The van der Waals surface area contributed by atoms with E-state index in [1.807, 2.05) is 13.8 Å². The zero-order valence-corrected chi connectivity index (χ0v) is 9.19. The summed E-state index contributed by atoms with van der Waals surface area (Å²) >= 11 is 0. The molecule has 0 saturated heterocycles. The third-order valence-corrected chi connectivity index (χ3v) is 2.46. The maximum atomic E-state index is 13.3. The fourth-order valence-corrected chi connectivity index (χ4v) is 1.76. The van der Waals surface area contributed by atoms with Gasteiger partial charge in [0.2, 0.25) is 0 Å². The molecule has 0 saturated carbocycles. The number of benzene rings is 1. The molecular formula is C12H17F2N. The summed E-state index contributed by atoms with van der Waals surface area (Å²) in [6.45, 7) is 3.82. The number of halogens is 2. The normalized spacial score (nSPS) is 15.0. The second kappa shape index (κ2) is 4.71. The monoisotopic (exact) mass is 213 g/mol. The average molecular weight is 213 g/mol. The Kier molecular flexibility index (Phi) is 3.80. The molecule has 2 N–H and O–H groups in total. The molecule has 15 heavy (non-hydrogen) atoms. The van der Waals surface area contributed by atoms with Crippen LogP contribution >= 0.6 is 0 Å². The average Bonchev–Trinajstić information content (AvgIpc) is 2.11. The Morgan fingerprint density at radius 2 is 1.80 bits per heavy atom. The van der Waals surface area contributed by atoms with Crippen LogP contribution in [-0.4, -0.2) is 5.54 Å². The minimum Gasteiger partial charge on any atom is -0.325 e. The van der Waals surface area contributed by atoms with E-state index in [0.717, 1.165) is 12.8 Å². The Hall–Kier alpha value is -0.960. The molecule has 0 aliphatic carbocycles. The van der Waals surface area contributed by atoms with E-state index in [9.17, 15) is 8.78 Å². The van der Waals surface area contributed by atoms with Crippen molar-refractivity contribution < 1.29 is 8.78 Å². The van der Waals surface area contributed by atoms with Gasteiger partial charge >= 0.3 is 0 Å². The Balaban J connectivity index is 2.89. The van der Waals surface area contributed by atoms with Crippen molar-refractivity contribution in [1.82, 2.24) is 0 Å². The Bertz CT molecular complexity index is 314. The van der Waals surface area contributed by atoms with Gasteiger partial charge in [0.1, 0.15) is 11.6 Å². The summed E-state index contributed by atoms with van der Waals surface area (Å²) in [5, 5.41) is 0. The highest BCUT2D eigenvalue weighted by Gasteiger charge is 2.21. The first kappa shape index (κ1) is 12.1. The summed E-state index contributed by atoms with van der Waals surface area (Å²) in [5.74, 6) is -1.02. The fourth-order valence-electron chi connectivity index (χ4n) is 1.76. The van der Waals surface area contributed by atoms with Crippen LogP contribution < -0.4 is 5.73 Å². The van der Waals surface area contributed by atoms with Crippen LogP contribution in [0.1, 0.15) is 32.3 Å². The quantitative estimate of drug-likeness (QED) is 0.817. The largest absolute Gasteiger partial charge is 0.325 e. The van der Waals surface area contributed by atoms with Crippen molar-refractivity contribution in [2.75, 3.05) is 0 Å². The summed E-state index contributed by atoms with van der Waals surface area (Å²) in [6.07, 6.45) is 1.89. The van der Waals surface area contributed by atoms with Gasteiger partial charge in [-0.2, -0.15) is 0 Å². The minimum absolute atomic E-state index is 0.0935. The molecular weight excluding hydrogens is 196 g/mol. The highest BCUT2D eigenvalue weighted by atomic mass is 19.1. The molecule has 0 aliphatic rings. The van der Waals surface area contributed by atoms with Crippen LogP contribution in [0.5, 0.6) is 0 Å². The van der Waals surface area contributed by atoms with E-state index >= 15 is 0 Å². The molecule has 84 valence electrons. The first-order valence-electron chi connectivity index (χ1n) is 5.18. The van der Waals surface area contributed by atoms with Gasteiger partial charge in [0.25, 0.3) is 0 Å². The van der Waals surface area contributed by atoms with E-state index < -0.39 is 17.2 Å². The van der Waals surface area contributed by atoms with Crippen LogP contribution in [0.25, 0.3) is 0 Å². The van der Waals surface area contributed by atoms with Gasteiger partial charge in [0, 0.05) is 11.1 Å². The highest BCUT2D eigenvalue weighted by Crippen LogP contribution is 2.20. The highest BCUT2D eigenvalue weighted by molar-refractivity contribution is 5.21. The van der Waals surface area contributed by atoms with Crippen LogP contribution in [0, 0.1) is 11.6 Å². The van der Waals surface area contributed by atoms with Gasteiger partial charge in [-0.3, -0.25) is 0 Å². The molecule has 0 aromatic heterocycles. The second-order valence-corrected chi connectivity index (χ2v) is 4.28. The lowest BCUT2D eigenvalue weighted by Crippen LogP contribution is -2.38. The molecule has 0 bridgehead atoms. The van der Waals surface area contributed by atoms with Crippen LogP contribution in [0.3, 0.4) is 0 Å². The van der Waals surface area contributed by atoms with E-state index in [1.54, 1.807) is 0 Å². The lowest BCUT2D eigenvalue weighted by Gasteiger charge is -2.24. The topological polar surface area (TPSA) is 26.0 Å². The van der Waals surface area contributed by atoms with Crippen LogP contribution in [0.2, 0.25) is 0 Å². The van der Waals surface area contributed by atoms with Gasteiger partial charge in [-0.15, -0.1) is 0 Å². The molecule has 0 fully saturated rings. The van der Waals surface area contributed by atoms with Gasteiger partial charge in [-0.05, 0) is 31.9 Å². The maximum absolute atomic E-state index is 13.3. The summed E-state index contributed by atoms with van der Waals surface area (Å²) < 4.78 is 26.7. The van der Waals surface area contributed by atoms with Crippen molar-refractivity contribution in [3.63, 3.8) is 0 Å². The molecule has 3 heteroatoms. The van der Waals surface area contributed by atoms with Gasteiger partial charge in [-0.25, -0.2) is 8.78 Å². The zero-order valence-electron chi connectivity index (χ0n) is 9.19. The standard InChI is InChI=1S/C12H17F2N/c1-3-7-12(2,15)8-9-10(13)5-4-6-11(9)14/h4-6H,3,7-8,15H2,1-2H3. The molecule has 1 aromatic carbocycles. The molecule has 0 radical (unpaired) electrons. The molecule has 1 aromatic rings. The van der Waals surface area contributed by atoms with Crippen molar-refractivity contribution in [3.8, 4) is 0 Å². The zero-order chi connectivity index (χ0) is 11.5. The molecule has 1 rings (SSSR count). The van der Waals surface area contributed by atoms with E-state index in [4.69, 9.17) is 5.73 Å². The predicted molar refractivity (Wildman–Crippen MR) is 57.6 cm³/mol.